The fourth-order valence-corrected chi connectivity index (χ4v) is 3.80. The number of hydrogen-bond donors (Lipinski definition) is 2. The maximum Gasteiger partial charge on any atom is 0.287 e. The number of hydrogen-bond acceptors (Lipinski definition) is 4. The monoisotopic (exact) mass is 328 g/mol. The van der Waals surface area contributed by atoms with Gasteiger partial charge < -0.3 is 10.4 Å². The Hall–Kier alpha value is -0.800. The van der Waals surface area contributed by atoms with Gasteiger partial charge in [-0.1, -0.05) is 6.92 Å². The zero-order valence-electron chi connectivity index (χ0n) is 12.0. The van der Waals surface area contributed by atoms with Crippen molar-refractivity contribution in [3.05, 3.63) is 0 Å². The van der Waals surface area contributed by atoms with Gasteiger partial charge in [0.1, 0.15) is 6.61 Å². The third-order valence-electron chi connectivity index (χ3n) is 3.36. The van der Waals surface area contributed by atoms with E-state index >= 15 is 0 Å². The van der Waals surface area contributed by atoms with Gasteiger partial charge in [0.25, 0.3) is 5.92 Å². The van der Waals surface area contributed by atoms with E-state index in [1.54, 1.807) is 6.92 Å². The Morgan fingerprint density at radius 2 is 2.14 bits per heavy atom. The molecule has 124 valence electrons. The Morgan fingerprint density at radius 1 is 1.48 bits per heavy atom. The summed E-state index contributed by atoms with van der Waals surface area (Å²) in [5.41, 5.74) is 0. The molecule has 0 saturated carbocycles. The Morgan fingerprint density at radius 3 is 2.71 bits per heavy atom. The number of carbonyl (C=O) groups excluding carboxylic acids is 1. The summed E-state index contributed by atoms with van der Waals surface area (Å²) in [5, 5.41) is 10.5. The van der Waals surface area contributed by atoms with Crippen LogP contribution in [0.2, 0.25) is 0 Å². The SMILES string of the molecule is CCCS(=O)(=O)N1CCCC(C(=O)NCC(F)(F)CO)C1. The number of aliphatic hydroxyl groups excluding tert-OH is 1. The second-order valence-electron chi connectivity index (χ2n) is 5.25. The summed E-state index contributed by atoms with van der Waals surface area (Å²) in [6.45, 7) is -0.143. The summed E-state index contributed by atoms with van der Waals surface area (Å²) >= 11 is 0. The van der Waals surface area contributed by atoms with Crippen LogP contribution in [0.4, 0.5) is 8.78 Å². The summed E-state index contributed by atoms with van der Waals surface area (Å²) < 4.78 is 50.9. The lowest BCUT2D eigenvalue weighted by atomic mass is 9.99. The molecular formula is C12H22F2N2O4S. The normalized spacial score (nSPS) is 21.2. The molecular weight excluding hydrogens is 306 g/mol. The molecule has 1 atom stereocenters. The molecule has 1 saturated heterocycles. The largest absolute Gasteiger partial charge is 0.390 e. The molecule has 0 radical (unpaired) electrons. The predicted octanol–water partition coefficient (Wildman–Crippen LogP) is 0.182. The maximum atomic E-state index is 12.9. The molecule has 1 fully saturated rings. The van der Waals surface area contributed by atoms with E-state index in [2.05, 4.69) is 5.32 Å². The van der Waals surface area contributed by atoms with Crippen LogP contribution in [0.5, 0.6) is 0 Å². The molecule has 0 aliphatic carbocycles. The van der Waals surface area contributed by atoms with Crippen LogP contribution in [-0.2, 0) is 14.8 Å². The van der Waals surface area contributed by atoms with Crippen LogP contribution in [0, 0.1) is 5.92 Å². The molecule has 1 heterocycles. The molecule has 0 aromatic rings. The highest BCUT2D eigenvalue weighted by Crippen LogP contribution is 2.20. The molecule has 1 aliphatic rings. The Bertz CT molecular complexity index is 456. The molecule has 0 spiro atoms. The molecule has 9 heteroatoms. The summed E-state index contributed by atoms with van der Waals surface area (Å²) in [6.07, 6.45) is 1.48. The first-order chi connectivity index (χ1) is 9.72. The molecule has 1 amide bonds. The van der Waals surface area contributed by atoms with Crippen LogP contribution in [0.1, 0.15) is 26.2 Å². The zero-order chi connectivity index (χ0) is 16.1. The lowest BCUT2D eigenvalue weighted by Gasteiger charge is -2.31. The van der Waals surface area contributed by atoms with Gasteiger partial charge >= 0.3 is 0 Å². The first-order valence-corrected chi connectivity index (χ1v) is 8.57. The predicted molar refractivity (Wildman–Crippen MR) is 73.4 cm³/mol. The molecule has 0 aromatic heterocycles. The quantitative estimate of drug-likeness (QED) is 0.698. The van der Waals surface area contributed by atoms with E-state index in [0.29, 0.717) is 25.8 Å². The summed E-state index contributed by atoms with van der Waals surface area (Å²) in [4.78, 5) is 11.8. The van der Waals surface area contributed by atoms with Crippen molar-refractivity contribution >= 4 is 15.9 Å². The summed E-state index contributed by atoms with van der Waals surface area (Å²) in [7, 11) is -3.38. The Labute approximate surface area is 123 Å². The first-order valence-electron chi connectivity index (χ1n) is 6.96. The van der Waals surface area contributed by atoms with Gasteiger partial charge in [0.2, 0.25) is 15.9 Å². The van der Waals surface area contributed by atoms with Crippen LogP contribution in [0.3, 0.4) is 0 Å². The molecule has 2 N–H and O–H groups in total. The Balaban J connectivity index is 2.58. The molecule has 21 heavy (non-hydrogen) atoms. The molecule has 1 unspecified atom stereocenters. The molecule has 6 nitrogen and oxygen atoms in total. The van der Waals surface area contributed by atoms with Crippen molar-refractivity contribution in [3.63, 3.8) is 0 Å². The van der Waals surface area contributed by atoms with Crippen molar-refractivity contribution in [2.24, 2.45) is 5.92 Å². The summed E-state index contributed by atoms with van der Waals surface area (Å²) in [6, 6.07) is 0. The Kier molecular flexibility index (Phi) is 6.48. The second-order valence-corrected chi connectivity index (χ2v) is 7.33. The van der Waals surface area contributed by atoms with Gasteiger partial charge in [-0.2, -0.15) is 0 Å². The number of piperidine rings is 1. The van der Waals surface area contributed by atoms with E-state index in [4.69, 9.17) is 5.11 Å². The van der Waals surface area contributed by atoms with Gasteiger partial charge in [0, 0.05) is 13.1 Å². The molecule has 1 aliphatic heterocycles. The number of aliphatic hydroxyl groups is 1. The lowest BCUT2D eigenvalue weighted by molar-refractivity contribution is -0.128. The third kappa shape index (κ3) is 5.48. The smallest absolute Gasteiger partial charge is 0.287 e. The van der Waals surface area contributed by atoms with Crippen molar-refractivity contribution in [2.75, 3.05) is 32.0 Å². The van der Waals surface area contributed by atoms with Gasteiger partial charge in [-0.15, -0.1) is 0 Å². The van der Waals surface area contributed by atoms with Crippen LogP contribution in [0.25, 0.3) is 0 Å². The third-order valence-corrected chi connectivity index (χ3v) is 5.41. The standard InChI is InChI=1S/C12H22F2N2O4S/c1-2-6-21(19,20)16-5-3-4-10(7-16)11(18)15-8-12(13,14)9-17/h10,17H,2-9H2,1H3,(H,15,18). The van der Waals surface area contributed by atoms with Gasteiger partial charge in [-0.3, -0.25) is 4.79 Å². The fraction of sp³-hybridized carbons (Fsp3) is 0.917. The fourth-order valence-electron chi connectivity index (χ4n) is 2.21. The van der Waals surface area contributed by atoms with Crippen LogP contribution in [0.15, 0.2) is 0 Å². The minimum Gasteiger partial charge on any atom is -0.390 e. The van der Waals surface area contributed by atoms with Crippen molar-refractivity contribution in [1.29, 1.82) is 0 Å². The van der Waals surface area contributed by atoms with E-state index in [-0.39, 0.29) is 12.3 Å². The number of nitrogens with zero attached hydrogens (tertiary/aromatic N) is 1. The lowest BCUT2D eigenvalue weighted by Crippen LogP contribution is -2.48. The average molecular weight is 328 g/mol. The van der Waals surface area contributed by atoms with Gasteiger partial charge in [0.05, 0.1) is 18.2 Å². The van der Waals surface area contributed by atoms with E-state index < -0.39 is 40.9 Å². The highest BCUT2D eigenvalue weighted by molar-refractivity contribution is 7.89. The van der Waals surface area contributed by atoms with Gasteiger partial charge in [0.15, 0.2) is 0 Å². The molecule has 0 aromatic carbocycles. The minimum atomic E-state index is -3.38. The van der Waals surface area contributed by atoms with Crippen molar-refractivity contribution < 1.29 is 27.1 Å². The highest BCUT2D eigenvalue weighted by atomic mass is 32.2. The number of amides is 1. The van der Waals surface area contributed by atoms with E-state index in [0.717, 1.165) is 0 Å². The molecule has 0 bridgehead atoms. The second kappa shape index (κ2) is 7.46. The zero-order valence-corrected chi connectivity index (χ0v) is 12.8. The van der Waals surface area contributed by atoms with Gasteiger partial charge in [-0.25, -0.2) is 21.5 Å². The average Bonchev–Trinajstić information content (AvgIpc) is 2.45. The van der Waals surface area contributed by atoms with Crippen molar-refractivity contribution in [2.45, 2.75) is 32.1 Å². The van der Waals surface area contributed by atoms with E-state index in [1.165, 1.54) is 4.31 Å². The summed E-state index contributed by atoms with van der Waals surface area (Å²) in [5.74, 6) is -4.57. The van der Waals surface area contributed by atoms with E-state index in [9.17, 15) is 22.0 Å². The maximum absolute atomic E-state index is 12.9. The number of sulfonamides is 1. The van der Waals surface area contributed by atoms with Crippen LogP contribution < -0.4 is 5.32 Å². The highest BCUT2D eigenvalue weighted by Gasteiger charge is 2.34. The number of rotatable bonds is 7. The minimum absolute atomic E-state index is 0.0178. The number of alkyl halides is 2. The van der Waals surface area contributed by atoms with Crippen molar-refractivity contribution in [3.8, 4) is 0 Å². The van der Waals surface area contributed by atoms with Crippen molar-refractivity contribution in [1.82, 2.24) is 9.62 Å². The number of halogens is 2. The number of carbonyl (C=O) groups is 1. The van der Waals surface area contributed by atoms with Crippen LogP contribution in [-0.4, -0.2) is 61.7 Å². The topological polar surface area (TPSA) is 86.7 Å². The first kappa shape index (κ1) is 18.2. The number of nitrogens with one attached hydrogen (secondary N) is 1. The van der Waals surface area contributed by atoms with Crippen LogP contribution >= 0.6 is 0 Å². The van der Waals surface area contributed by atoms with E-state index in [1.807, 2.05) is 0 Å². The van der Waals surface area contributed by atoms with Gasteiger partial charge in [-0.05, 0) is 19.3 Å². The molecule has 1 rings (SSSR count).